The fraction of sp³-hybridized carbons (Fsp3) is 0.200. The van der Waals surface area contributed by atoms with Gasteiger partial charge in [0, 0.05) is 42.1 Å². The molecule has 5 rings (SSSR count). The maximum Gasteiger partial charge on any atom is 0.162 e. The highest BCUT2D eigenvalue weighted by Crippen LogP contribution is 2.36. The van der Waals surface area contributed by atoms with Crippen molar-refractivity contribution in [1.29, 1.82) is 0 Å². The van der Waals surface area contributed by atoms with Gasteiger partial charge in [-0.3, -0.25) is 4.98 Å². The Morgan fingerprint density at radius 3 is 2.79 bits per heavy atom. The summed E-state index contributed by atoms with van der Waals surface area (Å²) in [6.07, 6.45) is 6.38. The summed E-state index contributed by atoms with van der Waals surface area (Å²) in [5.41, 5.74) is 2.77. The van der Waals surface area contributed by atoms with Crippen molar-refractivity contribution < 1.29 is 0 Å². The zero-order chi connectivity index (χ0) is 18.8. The van der Waals surface area contributed by atoms with E-state index < -0.39 is 0 Å². The highest BCUT2D eigenvalue weighted by atomic mass is 32.1. The first-order chi connectivity index (χ1) is 13.9. The lowest BCUT2D eigenvalue weighted by Crippen LogP contribution is -2.22. The summed E-state index contributed by atoms with van der Waals surface area (Å²) in [6, 6.07) is 10.0. The second kappa shape index (κ2) is 7.49. The van der Waals surface area contributed by atoms with Crippen LogP contribution in [0, 0.1) is 0 Å². The molecule has 0 unspecified atom stereocenters. The van der Waals surface area contributed by atoms with Gasteiger partial charge in [-0.1, -0.05) is 6.07 Å². The topological polar surface area (TPSA) is 87.6 Å². The number of thiophene rings is 1. The standard InChI is InChI=1S/C20H19N7S/c1-2-7-23-16(3-1)25-15-12-28-18-17(15)26-19(13-4-8-21-9-5-13)27-20(18)24-14-6-10-22-11-14/h1-5,7-9,12,14,22H,6,10-11H2,(H,23,25)(H,24,26,27)/t14-/m1/s1. The first-order valence-electron chi connectivity index (χ1n) is 9.22. The van der Waals surface area contributed by atoms with Crippen molar-refractivity contribution >= 4 is 38.9 Å². The molecule has 0 saturated carbocycles. The van der Waals surface area contributed by atoms with Crippen LogP contribution in [0.3, 0.4) is 0 Å². The average Bonchev–Trinajstić information content (AvgIpc) is 3.40. The smallest absolute Gasteiger partial charge is 0.162 e. The Balaban J connectivity index is 1.60. The van der Waals surface area contributed by atoms with Crippen LogP contribution in [0.15, 0.2) is 54.3 Å². The number of hydrogen-bond donors (Lipinski definition) is 3. The summed E-state index contributed by atoms with van der Waals surface area (Å²) in [6.45, 7) is 1.97. The SMILES string of the molecule is c1ccc(Nc2csc3c(N[C@@H]4CCNC4)nc(-c4ccncc4)nc23)nc1. The average molecular weight is 389 g/mol. The van der Waals surface area contributed by atoms with E-state index in [4.69, 9.17) is 9.97 Å². The number of hydrogen-bond acceptors (Lipinski definition) is 8. The normalized spacial score (nSPS) is 16.4. The minimum Gasteiger partial charge on any atom is -0.365 e. The number of aromatic nitrogens is 4. The van der Waals surface area contributed by atoms with E-state index in [1.165, 1.54) is 0 Å². The number of rotatable bonds is 5. The van der Waals surface area contributed by atoms with Gasteiger partial charge in [-0.2, -0.15) is 0 Å². The van der Waals surface area contributed by atoms with Gasteiger partial charge >= 0.3 is 0 Å². The van der Waals surface area contributed by atoms with Crippen molar-refractivity contribution in [2.45, 2.75) is 12.5 Å². The third kappa shape index (κ3) is 3.39. The molecule has 1 aliphatic rings. The van der Waals surface area contributed by atoms with Gasteiger partial charge < -0.3 is 16.0 Å². The second-order valence-electron chi connectivity index (χ2n) is 6.63. The molecule has 0 radical (unpaired) electrons. The van der Waals surface area contributed by atoms with Crippen molar-refractivity contribution in [1.82, 2.24) is 25.3 Å². The molecule has 5 heterocycles. The molecule has 8 heteroatoms. The third-order valence-corrected chi connectivity index (χ3v) is 5.66. The number of pyridine rings is 2. The quantitative estimate of drug-likeness (QED) is 0.480. The van der Waals surface area contributed by atoms with Crippen LogP contribution in [-0.2, 0) is 0 Å². The van der Waals surface area contributed by atoms with Gasteiger partial charge in [0.25, 0.3) is 0 Å². The highest BCUT2D eigenvalue weighted by molar-refractivity contribution is 7.18. The van der Waals surface area contributed by atoms with Crippen LogP contribution in [-0.4, -0.2) is 39.1 Å². The lowest BCUT2D eigenvalue weighted by Gasteiger charge is -2.14. The lowest BCUT2D eigenvalue weighted by molar-refractivity contribution is 0.789. The number of nitrogens with zero attached hydrogens (tertiary/aromatic N) is 4. The Morgan fingerprint density at radius 1 is 1.07 bits per heavy atom. The molecular formula is C20H19N7S. The van der Waals surface area contributed by atoms with Gasteiger partial charge in [0.05, 0.1) is 10.4 Å². The summed E-state index contributed by atoms with van der Waals surface area (Å²) in [7, 11) is 0. The van der Waals surface area contributed by atoms with Crippen LogP contribution >= 0.6 is 11.3 Å². The first-order valence-corrected chi connectivity index (χ1v) is 10.1. The van der Waals surface area contributed by atoms with E-state index in [-0.39, 0.29) is 0 Å². The molecular weight excluding hydrogens is 370 g/mol. The van der Waals surface area contributed by atoms with Gasteiger partial charge in [-0.15, -0.1) is 11.3 Å². The monoisotopic (exact) mass is 389 g/mol. The van der Waals surface area contributed by atoms with Gasteiger partial charge in [0.1, 0.15) is 17.2 Å². The van der Waals surface area contributed by atoms with Crippen molar-refractivity contribution in [3.05, 3.63) is 54.3 Å². The van der Waals surface area contributed by atoms with Crippen molar-refractivity contribution in [3.63, 3.8) is 0 Å². The van der Waals surface area contributed by atoms with E-state index in [9.17, 15) is 0 Å². The highest BCUT2D eigenvalue weighted by Gasteiger charge is 2.20. The Hall–Kier alpha value is -3.10. The molecule has 0 aromatic carbocycles. The lowest BCUT2D eigenvalue weighted by atomic mass is 10.2. The maximum atomic E-state index is 4.86. The predicted octanol–water partition coefficient (Wildman–Crippen LogP) is 3.67. The van der Waals surface area contributed by atoms with Gasteiger partial charge in [0.15, 0.2) is 5.82 Å². The predicted molar refractivity (Wildman–Crippen MR) is 113 cm³/mol. The summed E-state index contributed by atoms with van der Waals surface area (Å²) >= 11 is 1.64. The molecule has 4 aromatic heterocycles. The molecule has 28 heavy (non-hydrogen) atoms. The minimum atomic E-state index is 0.373. The zero-order valence-corrected chi connectivity index (χ0v) is 15.9. The van der Waals surface area contributed by atoms with Crippen LogP contribution < -0.4 is 16.0 Å². The Bertz CT molecular complexity index is 1080. The molecule has 1 aliphatic heterocycles. The minimum absolute atomic E-state index is 0.373. The van der Waals surface area contributed by atoms with Crippen molar-refractivity contribution in [2.75, 3.05) is 23.7 Å². The largest absolute Gasteiger partial charge is 0.365 e. The molecule has 0 aliphatic carbocycles. The van der Waals surface area contributed by atoms with Gasteiger partial charge in [0.2, 0.25) is 0 Å². The molecule has 3 N–H and O–H groups in total. The van der Waals surface area contributed by atoms with Crippen LogP contribution in [0.1, 0.15) is 6.42 Å². The zero-order valence-electron chi connectivity index (χ0n) is 15.1. The molecule has 1 saturated heterocycles. The van der Waals surface area contributed by atoms with Crippen molar-refractivity contribution in [3.8, 4) is 11.4 Å². The summed E-state index contributed by atoms with van der Waals surface area (Å²) in [4.78, 5) is 18.2. The number of nitrogens with one attached hydrogen (secondary N) is 3. The number of anilines is 3. The van der Waals surface area contributed by atoms with Crippen LogP contribution in [0.5, 0.6) is 0 Å². The Labute approximate surface area is 166 Å². The van der Waals surface area contributed by atoms with Crippen molar-refractivity contribution in [2.24, 2.45) is 0 Å². The van der Waals surface area contributed by atoms with Gasteiger partial charge in [-0.25, -0.2) is 15.0 Å². The third-order valence-electron chi connectivity index (χ3n) is 4.68. The second-order valence-corrected chi connectivity index (χ2v) is 7.51. The molecule has 0 spiro atoms. The fourth-order valence-electron chi connectivity index (χ4n) is 3.28. The molecule has 1 atom stereocenters. The Kier molecular flexibility index (Phi) is 4.56. The summed E-state index contributed by atoms with van der Waals surface area (Å²) in [5.74, 6) is 2.36. The summed E-state index contributed by atoms with van der Waals surface area (Å²) in [5, 5.41) is 12.5. The number of fused-ring (bicyclic) bond motifs is 1. The van der Waals surface area contributed by atoms with Crippen LogP contribution in [0.2, 0.25) is 0 Å². The van der Waals surface area contributed by atoms with E-state index in [2.05, 4.69) is 31.3 Å². The molecule has 0 bridgehead atoms. The maximum absolute atomic E-state index is 4.86. The molecule has 4 aromatic rings. The van der Waals surface area contributed by atoms with E-state index in [0.717, 1.165) is 52.6 Å². The van der Waals surface area contributed by atoms with E-state index in [1.54, 1.807) is 29.9 Å². The van der Waals surface area contributed by atoms with E-state index in [0.29, 0.717) is 11.9 Å². The van der Waals surface area contributed by atoms with E-state index >= 15 is 0 Å². The first kappa shape index (κ1) is 17.0. The molecule has 0 amide bonds. The fourth-order valence-corrected chi connectivity index (χ4v) is 4.17. The summed E-state index contributed by atoms with van der Waals surface area (Å²) < 4.78 is 1.04. The van der Waals surface area contributed by atoms with Crippen LogP contribution in [0.25, 0.3) is 21.6 Å². The van der Waals surface area contributed by atoms with Crippen LogP contribution in [0.4, 0.5) is 17.3 Å². The molecule has 7 nitrogen and oxygen atoms in total. The molecule has 1 fully saturated rings. The van der Waals surface area contributed by atoms with E-state index in [1.807, 2.05) is 30.3 Å². The molecule has 140 valence electrons. The van der Waals surface area contributed by atoms with Gasteiger partial charge in [-0.05, 0) is 37.2 Å². The Morgan fingerprint density at radius 2 is 2.00 bits per heavy atom.